The number of ether oxygens (including phenoxy) is 1. The molecule has 0 radical (unpaired) electrons. The van der Waals surface area contributed by atoms with Crippen molar-refractivity contribution in [2.75, 3.05) is 37.1 Å². The van der Waals surface area contributed by atoms with Crippen molar-refractivity contribution in [2.45, 2.75) is 30.3 Å². The summed E-state index contributed by atoms with van der Waals surface area (Å²) in [5.74, 6) is 0. The molecule has 5 nitrogen and oxygen atoms in total. The predicted octanol–water partition coefficient (Wildman–Crippen LogP) is 1.68. The van der Waals surface area contributed by atoms with Crippen LogP contribution in [0.1, 0.15) is 19.3 Å². The van der Waals surface area contributed by atoms with Crippen LogP contribution in [0.3, 0.4) is 0 Å². The molecular formula is C14H22N2O3S. The quantitative estimate of drug-likeness (QED) is 0.856. The van der Waals surface area contributed by atoms with Gasteiger partial charge in [-0.25, -0.2) is 8.42 Å². The van der Waals surface area contributed by atoms with Gasteiger partial charge in [0.05, 0.1) is 22.4 Å². The molecule has 6 heteroatoms. The van der Waals surface area contributed by atoms with Gasteiger partial charge in [0.25, 0.3) is 0 Å². The number of nitrogens with zero attached hydrogens (tertiary/aromatic N) is 1. The highest BCUT2D eigenvalue weighted by molar-refractivity contribution is 7.90. The van der Waals surface area contributed by atoms with Crippen LogP contribution in [0.15, 0.2) is 23.1 Å². The number of benzene rings is 1. The molecule has 0 amide bonds. The van der Waals surface area contributed by atoms with E-state index in [1.54, 1.807) is 12.1 Å². The number of likely N-dealkylation sites (N-methyl/N-ethyl adjacent to an activating group) is 1. The fourth-order valence-corrected chi connectivity index (χ4v) is 3.12. The Morgan fingerprint density at radius 2 is 2.15 bits per heavy atom. The monoisotopic (exact) mass is 298 g/mol. The highest BCUT2D eigenvalue weighted by Crippen LogP contribution is 2.26. The molecule has 1 heterocycles. The molecule has 1 unspecified atom stereocenters. The van der Waals surface area contributed by atoms with E-state index in [2.05, 4.69) is 0 Å². The van der Waals surface area contributed by atoms with Crippen molar-refractivity contribution in [2.24, 2.45) is 0 Å². The minimum Gasteiger partial charge on any atom is -0.397 e. The van der Waals surface area contributed by atoms with Gasteiger partial charge in [-0.15, -0.1) is 0 Å². The van der Waals surface area contributed by atoms with E-state index >= 15 is 0 Å². The van der Waals surface area contributed by atoms with Crippen molar-refractivity contribution >= 4 is 21.2 Å². The summed E-state index contributed by atoms with van der Waals surface area (Å²) >= 11 is 0. The third-order valence-corrected chi connectivity index (χ3v) is 4.70. The van der Waals surface area contributed by atoms with Crippen molar-refractivity contribution < 1.29 is 13.2 Å². The molecule has 1 aliphatic heterocycles. The van der Waals surface area contributed by atoms with Gasteiger partial charge in [0.1, 0.15) is 0 Å². The van der Waals surface area contributed by atoms with Gasteiger partial charge in [-0.3, -0.25) is 0 Å². The number of sulfone groups is 1. The summed E-state index contributed by atoms with van der Waals surface area (Å²) in [6.07, 6.45) is 4.79. The highest BCUT2D eigenvalue weighted by atomic mass is 32.2. The Morgan fingerprint density at radius 3 is 2.70 bits per heavy atom. The van der Waals surface area contributed by atoms with Crippen molar-refractivity contribution in [3.05, 3.63) is 18.2 Å². The van der Waals surface area contributed by atoms with Crippen molar-refractivity contribution in [1.29, 1.82) is 0 Å². The molecule has 0 bridgehead atoms. The van der Waals surface area contributed by atoms with Crippen LogP contribution in [-0.4, -0.2) is 41.0 Å². The van der Waals surface area contributed by atoms with Crippen molar-refractivity contribution in [3.63, 3.8) is 0 Å². The van der Waals surface area contributed by atoms with Crippen molar-refractivity contribution in [1.82, 2.24) is 0 Å². The predicted molar refractivity (Wildman–Crippen MR) is 80.8 cm³/mol. The van der Waals surface area contributed by atoms with Gasteiger partial charge in [0.15, 0.2) is 9.84 Å². The smallest absolute Gasteiger partial charge is 0.175 e. The van der Waals surface area contributed by atoms with Gasteiger partial charge in [-0.05, 0) is 37.5 Å². The van der Waals surface area contributed by atoms with Crippen LogP contribution in [0, 0.1) is 0 Å². The summed E-state index contributed by atoms with van der Waals surface area (Å²) in [6, 6.07) is 4.87. The van der Waals surface area contributed by atoms with E-state index in [1.165, 1.54) is 18.7 Å². The number of nitrogens with two attached hydrogens (primary N) is 1. The number of hydrogen-bond donors (Lipinski definition) is 1. The summed E-state index contributed by atoms with van der Waals surface area (Å²) in [6.45, 7) is 1.59. The first-order valence-corrected chi connectivity index (χ1v) is 8.69. The number of hydrogen-bond acceptors (Lipinski definition) is 5. The second-order valence-corrected chi connectivity index (χ2v) is 7.38. The average molecular weight is 298 g/mol. The maximum Gasteiger partial charge on any atom is 0.175 e. The summed E-state index contributed by atoms with van der Waals surface area (Å²) in [4.78, 5) is 2.28. The second kappa shape index (κ2) is 6.01. The Bertz CT molecular complexity index is 566. The molecule has 0 spiro atoms. The molecule has 0 aromatic heterocycles. The summed E-state index contributed by atoms with van der Waals surface area (Å²) in [5, 5.41) is 0. The molecule has 1 fully saturated rings. The first-order chi connectivity index (χ1) is 9.38. The largest absolute Gasteiger partial charge is 0.397 e. The minimum atomic E-state index is -3.22. The third-order valence-electron chi connectivity index (χ3n) is 3.59. The lowest BCUT2D eigenvalue weighted by Gasteiger charge is -2.29. The SMILES string of the molecule is CN(CC1CCCCO1)c1ccc(S(C)(=O)=O)cc1N. The lowest BCUT2D eigenvalue weighted by Crippen LogP contribution is -2.33. The van der Waals surface area contributed by atoms with Crippen LogP contribution in [-0.2, 0) is 14.6 Å². The Balaban J connectivity index is 2.11. The molecule has 20 heavy (non-hydrogen) atoms. The van der Waals surface area contributed by atoms with E-state index in [-0.39, 0.29) is 11.0 Å². The van der Waals surface area contributed by atoms with Crippen LogP contribution in [0.5, 0.6) is 0 Å². The topological polar surface area (TPSA) is 72.6 Å². The minimum absolute atomic E-state index is 0.225. The number of rotatable bonds is 4. The van der Waals surface area contributed by atoms with E-state index in [0.717, 1.165) is 31.7 Å². The van der Waals surface area contributed by atoms with E-state index in [0.29, 0.717) is 5.69 Å². The molecule has 0 saturated carbocycles. The molecule has 1 aromatic carbocycles. The lowest BCUT2D eigenvalue weighted by molar-refractivity contribution is 0.0216. The number of anilines is 2. The molecule has 112 valence electrons. The van der Waals surface area contributed by atoms with E-state index in [4.69, 9.17) is 10.5 Å². The second-order valence-electron chi connectivity index (χ2n) is 5.36. The zero-order chi connectivity index (χ0) is 14.8. The van der Waals surface area contributed by atoms with Crippen molar-refractivity contribution in [3.8, 4) is 0 Å². The van der Waals surface area contributed by atoms with Crippen LogP contribution in [0.4, 0.5) is 11.4 Å². The maximum absolute atomic E-state index is 11.5. The number of nitrogen functional groups attached to an aromatic ring is 1. The normalized spacial score (nSPS) is 19.8. The summed E-state index contributed by atoms with van der Waals surface area (Å²) < 4.78 is 28.7. The fraction of sp³-hybridized carbons (Fsp3) is 0.571. The summed E-state index contributed by atoms with van der Waals surface area (Å²) in [5.41, 5.74) is 7.29. The van der Waals surface area contributed by atoms with E-state index in [9.17, 15) is 8.42 Å². The Labute approximate surface area is 120 Å². The van der Waals surface area contributed by atoms with E-state index in [1.807, 2.05) is 11.9 Å². The highest BCUT2D eigenvalue weighted by Gasteiger charge is 2.18. The van der Waals surface area contributed by atoms with Crippen LogP contribution < -0.4 is 10.6 Å². The first-order valence-electron chi connectivity index (χ1n) is 6.80. The van der Waals surface area contributed by atoms with Gasteiger partial charge in [0.2, 0.25) is 0 Å². The molecule has 2 N–H and O–H groups in total. The molecule has 1 aromatic rings. The molecule has 1 saturated heterocycles. The molecule has 1 aliphatic rings. The standard InChI is InChI=1S/C14H22N2O3S/c1-16(10-11-5-3-4-8-19-11)14-7-6-12(9-13(14)15)20(2,17)18/h6-7,9,11H,3-5,8,10,15H2,1-2H3. The molecule has 0 aliphatic carbocycles. The van der Waals surface area contributed by atoms with Gasteiger partial charge in [-0.2, -0.15) is 0 Å². The van der Waals surface area contributed by atoms with Gasteiger partial charge in [-0.1, -0.05) is 0 Å². The maximum atomic E-state index is 11.5. The Kier molecular flexibility index (Phi) is 4.55. The molecule has 1 atom stereocenters. The van der Waals surface area contributed by atoms with Gasteiger partial charge < -0.3 is 15.4 Å². The van der Waals surface area contributed by atoms with Gasteiger partial charge in [0, 0.05) is 26.5 Å². The molecule has 2 rings (SSSR count). The third kappa shape index (κ3) is 3.64. The first kappa shape index (κ1) is 15.1. The van der Waals surface area contributed by atoms with Crippen LogP contribution in [0.25, 0.3) is 0 Å². The average Bonchev–Trinajstić information content (AvgIpc) is 2.38. The Morgan fingerprint density at radius 1 is 1.40 bits per heavy atom. The van der Waals surface area contributed by atoms with Crippen LogP contribution >= 0.6 is 0 Å². The van der Waals surface area contributed by atoms with E-state index < -0.39 is 9.84 Å². The zero-order valence-electron chi connectivity index (χ0n) is 12.0. The Hall–Kier alpha value is -1.27. The molecular weight excluding hydrogens is 276 g/mol. The summed E-state index contributed by atoms with van der Waals surface area (Å²) in [7, 11) is -1.27. The van der Waals surface area contributed by atoms with Crippen LogP contribution in [0.2, 0.25) is 0 Å². The lowest BCUT2D eigenvalue weighted by atomic mass is 10.1. The van der Waals surface area contributed by atoms with Gasteiger partial charge >= 0.3 is 0 Å². The fourth-order valence-electron chi connectivity index (χ4n) is 2.47. The zero-order valence-corrected chi connectivity index (χ0v) is 12.8.